The van der Waals surface area contributed by atoms with Crippen LogP contribution in [0.15, 0.2) is 36.7 Å². The van der Waals surface area contributed by atoms with Gasteiger partial charge in [0.15, 0.2) is 0 Å². The molecule has 25 heavy (non-hydrogen) atoms. The van der Waals surface area contributed by atoms with Crippen LogP contribution in [-0.4, -0.2) is 10.5 Å². The Morgan fingerprint density at radius 2 is 2.16 bits per heavy atom. The van der Waals surface area contributed by atoms with Crippen molar-refractivity contribution in [2.45, 2.75) is 38.8 Å². The fourth-order valence-corrected chi connectivity index (χ4v) is 2.76. The van der Waals surface area contributed by atoms with Gasteiger partial charge in [0.05, 0.1) is 13.0 Å². The van der Waals surface area contributed by atoms with Gasteiger partial charge in [-0.15, -0.1) is 6.42 Å². The molecule has 0 spiro atoms. The topological polar surface area (TPSA) is 55.0 Å². The van der Waals surface area contributed by atoms with Crippen LogP contribution in [0.4, 0.5) is 0 Å². The van der Waals surface area contributed by atoms with E-state index >= 15 is 0 Å². The van der Waals surface area contributed by atoms with Crippen molar-refractivity contribution in [1.82, 2.24) is 4.57 Å². The SMILES string of the molecule is C#CCn1ccc(C(C#N)OC(=O)Cc2ccc(Cl)cc2C(C)C)c1. The minimum Gasteiger partial charge on any atom is -0.442 e. The van der Waals surface area contributed by atoms with Crippen LogP contribution >= 0.6 is 11.6 Å². The van der Waals surface area contributed by atoms with Crippen LogP contribution in [0.1, 0.15) is 42.6 Å². The smallest absolute Gasteiger partial charge is 0.311 e. The molecule has 0 aliphatic rings. The van der Waals surface area contributed by atoms with Gasteiger partial charge in [0.25, 0.3) is 0 Å². The summed E-state index contributed by atoms with van der Waals surface area (Å²) in [6.07, 6.45) is 7.86. The number of nitrogens with zero attached hydrogens (tertiary/aromatic N) is 2. The first-order valence-corrected chi connectivity index (χ1v) is 8.29. The Balaban J connectivity index is 2.11. The van der Waals surface area contributed by atoms with Gasteiger partial charge in [0.2, 0.25) is 6.10 Å². The lowest BCUT2D eigenvalue weighted by Gasteiger charge is -2.14. The minimum atomic E-state index is -0.957. The molecule has 0 aliphatic carbocycles. The van der Waals surface area contributed by atoms with E-state index in [0.29, 0.717) is 17.1 Å². The number of nitriles is 1. The maximum absolute atomic E-state index is 12.3. The molecular weight excluding hydrogens is 336 g/mol. The van der Waals surface area contributed by atoms with Crippen LogP contribution in [0, 0.1) is 23.7 Å². The normalized spacial score (nSPS) is 11.6. The number of carbonyl (C=O) groups excluding carboxylic acids is 1. The molecule has 1 atom stereocenters. The van der Waals surface area contributed by atoms with E-state index in [0.717, 1.165) is 11.1 Å². The largest absolute Gasteiger partial charge is 0.442 e. The number of hydrogen-bond acceptors (Lipinski definition) is 3. The zero-order valence-electron chi connectivity index (χ0n) is 14.2. The lowest BCUT2D eigenvalue weighted by atomic mass is 9.95. The number of carbonyl (C=O) groups is 1. The van der Waals surface area contributed by atoms with E-state index in [-0.39, 0.29) is 12.3 Å². The van der Waals surface area contributed by atoms with E-state index in [1.54, 1.807) is 29.1 Å². The van der Waals surface area contributed by atoms with E-state index in [2.05, 4.69) is 5.92 Å². The molecule has 5 heteroatoms. The molecule has 0 amide bonds. The van der Waals surface area contributed by atoms with Gasteiger partial charge in [-0.05, 0) is 35.2 Å². The summed E-state index contributed by atoms with van der Waals surface area (Å²) in [6, 6.07) is 9.16. The zero-order chi connectivity index (χ0) is 18.4. The number of halogens is 1. The molecule has 2 rings (SSSR count). The van der Waals surface area contributed by atoms with Crippen LogP contribution in [0.25, 0.3) is 0 Å². The standard InChI is InChI=1S/C20H19ClN2O2/c1-4-8-23-9-7-16(13-23)19(12-22)25-20(24)10-15-5-6-17(21)11-18(15)14(2)3/h1,5-7,9,11,13-14,19H,8,10H2,2-3H3. The number of ether oxygens (including phenoxy) is 1. The average Bonchev–Trinajstić information content (AvgIpc) is 3.03. The second-order valence-electron chi connectivity index (χ2n) is 5.99. The Morgan fingerprint density at radius 1 is 1.40 bits per heavy atom. The van der Waals surface area contributed by atoms with Crippen LogP contribution in [-0.2, 0) is 22.5 Å². The van der Waals surface area contributed by atoms with E-state index < -0.39 is 12.1 Å². The highest BCUT2D eigenvalue weighted by Crippen LogP contribution is 2.25. The maximum atomic E-state index is 12.3. The summed E-state index contributed by atoms with van der Waals surface area (Å²) in [5.41, 5.74) is 2.45. The van der Waals surface area contributed by atoms with Crippen LogP contribution in [0.2, 0.25) is 5.02 Å². The van der Waals surface area contributed by atoms with Crippen molar-refractivity contribution >= 4 is 17.6 Å². The lowest BCUT2D eigenvalue weighted by molar-refractivity contribution is -0.146. The molecule has 0 saturated carbocycles. The molecule has 0 radical (unpaired) electrons. The van der Waals surface area contributed by atoms with Gasteiger partial charge >= 0.3 is 5.97 Å². The highest BCUT2D eigenvalue weighted by molar-refractivity contribution is 6.30. The van der Waals surface area contributed by atoms with Crippen molar-refractivity contribution in [2.24, 2.45) is 0 Å². The molecule has 1 aromatic heterocycles. The Bertz CT molecular complexity index is 840. The summed E-state index contributed by atoms with van der Waals surface area (Å²) in [5.74, 6) is 2.28. The zero-order valence-corrected chi connectivity index (χ0v) is 15.0. The van der Waals surface area contributed by atoms with Crippen molar-refractivity contribution in [3.63, 3.8) is 0 Å². The van der Waals surface area contributed by atoms with Crippen LogP contribution in [0.5, 0.6) is 0 Å². The number of benzene rings is 1. The first-order chi connectivity index (χ1) is 11.9. The van der Waals surface area contributed by atoms with Crippen LogP contribution in [0.3, 0.4) is 0 Å². The summed E-state index contributed by atoms with van der Waals surface area (Å²) < 4.78 is 7.10. The quantitative estimate of drug-likeness (QED) is 0.575. The monoisotopic (exact) mass is 354 g/mol. The molecule has 0 aliphatic heterocycles. The van der Waals surface area contributed by atoms with Gasteiger partial charge in [-0.2, -0.15) is 5.26 Å². The third-order valence-electron chi connectivity index (χ3n) is 3.78. The lowest BCUT2D eigenvalue weighted by Crippen LogP contribution is -2.13. The summed E-state index contributed by atoms with van der Waals surface area (Å²) in [5, 5.41) is 9.95. The van der Waals surface area contributed by atoms with Gasteiger partial charge in [-0.3, -0.25) is 4.79 Å². The van der Waals surface area contributed by atoms with Crippen LogP contribution < -0.4 is 0 Å². The molecule has 0 N–H and O–H groups in total. The van der Waals surface area contributed by atoms with Gasteiger partial charge in [-0.25, -0.2) is 0 Å². The number of aromatic nitrogens is 1. The van der Waals surface area contributed by atoms with E-state index in [4.69, 9.17) is 22.8 Å². The second kappa shape index (κ2) is 8.42. The first kappa shape index (κ1) is 18.6. The summed E-state index contributed by atoms with van der Waals surface area (Å²) in [7, 11) is 0. The second-order valence-corrected chi connectivity index (χ2v) is 6.43. The maximum Gasteiger partial charge on any atom is 0.311 e. The average molecular weight is 355 g/mol. The molecule has 2 aromatic rings. The predicted octanol–water partition coefficient (Wildman–Crippen LogP) is 4.25. The number of hydrogen-bond donors (Lipinski definition) is 0. The summed E-state index contributed by atoms with van der Waals surface area (Å²) in [6.45, 7) is 4.47. The molecule has 1 heterocycles. The van der Waals surface area contributed by atoms with Gasteiger partial charge < -0.3 is 9.30 Å². The number of esters is 1. The number of rotatable bonds is 6. The molecule has 1 aromatic carbocycles. The van der Waals surface area contributed by atoms with E-state index in [9.17, 15) is 10.1 Å². The Labute approximate surface area is 153 Å². The summed E-state index contributed by atoms with van der Waals surface area (Å²) in [4.78, 5) is 12.3. The first-order valence-electron chi connectivity index (χ1n) is 7.91. The van der Waals surface area contributed by atoms with Crippen molar-refractivity contribution in [3.05, 3.63) is 58.4 Å². The summed E-state index contributed by atoms with van der Waals surface area (Å²) >= 11 is 6.04. The van der Waals surface area contributed by atoms with Crippen molar-refractivity contribution in [1.29, 1.82) is 5.26 Å². The molecule has 1 unspecified atom stereocenters. The molecule has 4 nitrogen and oxygen atoms in total. The Hall–Kier alpha value is -2.69. The van der Waals surface area contributed by atoms with Gasteiger partial charge in [0, 0.05) is 23.0 Å². The molecule has 0 bridgehead atoms. The fraction of sp³-hybridized carbons (Fsp3) is 0.300. The highest BCUT2D eigenvalue weighted by atomic mass is 35.5. The molecule has 0 saturated heterocycles. The van der Waals surface area contributed by atoms with E-state index in [1.165, 1.54) is 0 Å². The third-order valence-corrected chi connectivity index (χ3v) is 4.02. The highest BCUT2D eigenvalue weighted by Gasteiger charge is 2.19. The molecule has 128 valence electrons. The fourth-order valence-electron chi connectivity index (χ4n) is 2.58. The molecular formula is C20H19ClN2O2. The van der Waals surface area contributed by atoms with Gasteiger partial charge in [0.1, 0.15) is 6.07 Å². The Morgan fingerprint density at radius 3 is 2.80 bits per heavy atom. The predicted molar refractivity (Wildman–Crippen MR) is 97.0 cm³/mol. The minimum absolute atomic E-state index is 0.0912. The van der Waals surface area contributed by atoms with E-state index in [1.807, 2.05) is 32.0 Å². The molecule has 0 fully saturated rings. The third kappa shape index (κ3) is 4.89. The number of terminal acetylenes is 1. The Kier molecular flexibility index (Phi) is 6.28. The van der Waals surface area contributed by atoms with Crippen molar-refractivity contribution in [3.8, 4) is 18.4 Å². The van der Waals surface area contributed by atoms with Crippen molar-refractivity contribution in [2.75, 3.05) is 0 Å². The van der Waals surface area contributed by atoms with Crippen molar-refractivity contribution < 1.29 is 9.53 Å². The van der Waals surface area contributed by atoms with Gasteiger partial charge in [-0.1, -0.05) is 37.4 Å².